The fraction of sp³-hybridized carbons (Fsp3) is 0.327. The zero-order valence-electron chi connectivity index (χ0n) is 38.0. The number of nitrogens with two attached hydrogens (primary N) is 2. The van der Waals surface area contributed by atoms with Crippen LogP contribution in [0.25, 0.3) is 21.8 Å². The van der Waals surface area contributed by atoms with Crippen molar-refractivity contribution in [3.63, 3.8) is 0 Å². The molecule has 0 saturated carbocycles. The van der Waals surface area contributed by atoms with Crippen LogP contribution in [0.15, 0.2) is 104 Å². The van der Waals surface area contributed by atoms with Gasteiger partial charge in [0.05, 0.1) is 12.6 Å². The fourth-order valence-electron chi connectivity index (χ4n) is 7.68. The number of primary amides is 1. The van der Waals surface area contributed by atoms with Crippen molar-refractivity contribution in [2.24, 2.45) is 11.5 Å². The minimum atomic E-state index is -1.31. The summed E-state index contributed by atoms with van der Waals surface area (Å²) in [5, 5.41) is 16.2. The first-order chi connectivity index (χ1) is 32.7. The van der Waals surface area contributed by atoms with Crippen LogP contribution in [0, 0.1) is 11.8 Å². The summed E-state index contributed by atoms with van der Waals surface area (Å²) in [6.07, 6.45) is 5.07. The molecule has 0 unspecified atom stereocenters. The Kier molecular flexibility index (Phi) is 17.1. The van der Waals surface area contributed by atoms with E-state index >= 15 is 0 Å². The summed E-state index contributed by atoms with van der Waals surface area (Å²) in [5.74, 6) is 1.42. The van der Waals surface area contributed by atoms with Crippen LogP contribution in [0.2, 0.25) is 0 Å². The standard InChI is InChI=1S/C49H58N12O7/c1-4-21-60-22-12-13-23-61(59-44(63)30(2)50)49(68)58-42(27-34-29-53-38-19-11-9-17-36(34)38)46(65)54-31(3)45(64)56-41(26-33-28-52-37-18-10-8-16-35(33)37)48(67)57-40(25-32-14-6-5-7-15-32)47(66)55-39(20-24-60)43(51)62/h4-11,14-19,28-31,39-42,52-53H,1,20-27,50H2,2-3H3,(H2,51,62)(H,54,65)(H,55,66)(H,56,64)(H,57,67)(H,58,68)(H,59,63)/t30-,31-,39-,40+,41-,42+/m0/s1. The minimum absolute atomic E-state index is 0.0213. The van der Waals surface area contributed by atoms with E-state index in [0.717, 1.165) is 26.8 Å². The number of hydrogen-bond acceptors (Lipinski definition) is 9. The van der Waals surface area contributed by atoms with Gasteiger partial charge in [-0.15, -0.1) is 6.58 Å². The smallest absolute Gasteiger partial charge is 0.337 e. The lowest BCUT2D eigenvalue weighted by atomic mass is 10.0. The van der Waals surface area contributed by atoms with Crippen molar-refractivity contribution in [3.05, 3.63) is 121 Å². The predicted octanol–water partition coefficient (Wildman–Crippen LogP) is 0.775. The molecule has 0 bridgehead atoms. The molecule has 0 aliphatic carbocycles. The first-order valence-electron chi connectivity index (χ1n) is 22.3. The maximum absolute atomic E-state index is 14.6. The van der Waals surface area contributed by atoms with Gasteiger partial charge in [-0.1, -0.05) is 84.6 Å². The highest BCUT2D eigenvalue weighted by Crippen LogP contribution is 2.21. The van der Waals surface area contributed by atoms with E-state index in [0.29, 0.717) is 23.2 Å². The maximum atomic E-state index is 14.6. The van der Waals surface area contributed by atoms with Crippen molar-refractivity contribution in [1.82, 2.24) is 51.9 Å². The van der Waals surface area contributed by atoms with Crippen molar-refractivity contribution in [2.75, 3.05) is 26.2 Å². The Morgan fingerprint density at radius 2 is 1.26 bits per heavy atom. The second-order valence-corrected chi connectivity index (χ2v) is 16.7. The molecule has 0 radical (unpaired) electrons. The SMILES string of the molecule is C=CCN1CC#CCN(NC(=O)[C@H](C)N)C(=O)N[C@H](Cc2c[nH]c3ccccc23)C(=O)N[C@@H](C)C(=O)N[C@@H](Cc2c[nH]c3ccccc23)C(=O)N[C@H](Cc2ccccc2)C(=O)N[C@H](C(N)=O)CC1. The Balaban J connectivity index is 1.37. The van der Waals surface area contributed by atoms with Crippen molar-refractivity contribution in [1.29, 1.82) is 0 Å². The predicted molar refractivity (Wildman–Crippen MR) is 257 cm³/mol. The zero-order chi connectivity index (χ0) is 48.7. The molecule has 356 valence electrons. The van der Waals surface area contributed by atoms with Crippen molar-refractivity contribution in [2.45, 2.75) is 75.8 Å². The number of hydrogen-bond donors (Lipinski definition) is 10. The van der Waals surface area contributed by atoms with Crippen LogP contribution < -0.4 is 43.5 Å². The molecule has 1 aliphatic rings. The molecule has 0 saturated heterocycles. The Bertz CT molecular complexity index is 2690. The number of hydrazine groups is 1. The van der Waals surface area contributed by atoms with Gasteiger partial charge in [0.25, 0.3) is 5.91 Å². The van der Waals surface area contributed by atoms with Gasteiger partial charge in [0.1, 0.15) is 36.8 Å². The minimum Gasteiger partial charge on any atom is -0.368 e. The third-order valence-electron chi connectivity index (χ3n) is 11.5. The van der Waals surface area contributed by atoms with E-state index in [1.165, 1.54) is 13.8 Å². The topological polar surface area (TPSA) is 282 Å². The van der Waals surface area contributed by atoms with Gasteiger partial charge in [-0.05, 0) is 49.1 Å². The summed E-state index contributed by atoms with van der Waals surface area (Å²) in [5.41, 5.74) is 17.8. The van der Waals surface area contributed by atoms with Crippen LogP contribution in [0.3, 0.4) is 0 Å². The highest BCUT2D eigenvalue weighted by atomic mass is 16.2. The second kappa shape index (κ2) is 23.5. The van der Waals surface area contributed by atoms with Gasteiger partial charge in [-0.3, -0.25) is 39.1 Å². The summed E-state index contributed by atoms with van der Waals surface area (Å²) in [6.45, 7) is 6.98. The molecule has 5 aromatic rings. The summed E-state index contributed by atoms with van der Waals surface area (Å²) in [4.78, 5) is 105. The van der Waals surface area contributed by atoms with E-state index in [2.05, 4.69) is 60.4 Å². The molecular formula is C49H58N12O7. The number of nitrogens with zero attached hydrogens (tertiary/aromatic N) is 2. The van der Waals surface area contributed by atoms with Gasteiger partial charge in [0.2, 0.25) is 29.5 Å². The largest absolute Gasteiger partial charge is 0.368 e. The summed E-state index contributed by atoms with van der Waals surface area (Å²) in [6, 6.07) is 15.6. The molecule has 68 heavy (non-hydrogen) atoms. The van der Waals surface area contributed by atoms with Crippen LogP contribution in [0.4, 0.5) is 4.79 Å². The van der Waals surface area contributed by atoms with Gasteiger partial charge >= 0.3 is 6.03 Å². The molecular weight excluding hydrogens is 869 g/mol. The van der Waals surface area contributed by atoms with Crippen LogP contribution in [0.5, 0.6) is 0 Å². The number of rotatable bonds is 11. The number of carbonyl (C=O) groups excluding carboxylic acids is 7. The van der Waals surface area contributed by atoms with Crippen molar-refractivity contribution in [3.8, 4) is 11.8 Å². The quantitative estimate of drug-likeness (QED) is 0.0661. The summed E-state index contributed by atoms with van der Waals surface area (Å²) >= 11 is 0. The lowest BCUT2D eigenvalue weighted by Gasteiger charge is -2.27. The fourth-order valence-corrected chi connectivity index (χ4v) is 7.68. The molecule has 2 aromatic heterocycles. The van der Waals surface area contributed by atoms with E-state index in [1.54, 1.807) is 42.7 Å². The van der Waals surface area contributed by atoms with E-state index in [1.807, 2.05) is 59.5 Å². The molecule has 6 atom stereocenters. The number of amides is 8. The second-order valence-electron chi connectivity index (χ2n) is 16.7. The number of fused-ring (bicyclic) bond motifs is 2. The van der Waals surface area contributed by atoms with Gasteiger partial charge in [-0.2, -0.15) is 0 Å². The normalized spacial score (nSPS) is 21.2. The van der Waals surface area contributed by atoms with Crippen LogP contribution >= 0.6 is 0 Å². The highest BCUT2D eigenvalue weighted by molar-refractivity contribution is 5.97. The summed E-state index contributed by atoms with van der Waals surface area (Å²) in [7, 11) is 0. The number of carbonyl (C=O) groups is 7. The molecule has 0 spiro atoms. The number of para-hydroxylation sites is 2. The molecule has 3 heterocycles. The first-order valence-corrected chi connectivity index (χ1v) is 22.3. The van der Waals surface area contributed by atoms with Crippen LogP contribution in [-0.2, 0) is 48.0 Å². The number of H-pyrrole nitrogens is 2. The number of urea groups is 1. The average molecular weight is 927 g/mol. The molecule has 3 aromatic carbocycles. The van der Waals surface area contributed by atoms with E-state index in [-0.39, 0.29) is 45.3 Å². The Morgan fingerprint density at radius 1 is 0.735 bits per heavy atom. The lowest BCUT2D eigenvalue weighted by molar-refractivity contribution is -0.134. The van der Waals surface area contributed by atoms with E-state index in [4.69, 9.17) is 11.5 Å². The lowest BCUT2D eigenvalue weighted by Crippen LogP contribution is -2.60. The number of aromatic nitrogens is 2. The third-order valence-corrected chi connectivity index (χ3v) is 11.5. The molecule has 1 aliphatic heterocycles. The van der Waals surface area contributed by atoms with Crippen LogP contribution in [0.1, 0.15) is 37.0 Å². The number of benzene rings is 3. The third kappa shape index (κ3) is 13.3. The Morgan fingerprint density at radius 3 is 1.87 bits per heavy atom. The average Bonchev–Trinajstić information content (AvgIpc) is 3.93. The van der Waals surface area contributed by atoms with Gasteiger partial charge in [0, 0.05) is 66.6 Å². The van der Waals surface area contributed by atoms with Gasteiger partial charge in [-0.25, -0.2) is 9.80 Å². The Labute approximate surface area is 393 Å². The monoisotopic (exact) mass is 926 g/mol. The zero-order valence-corrected chi connectivity index (χ0v) is 38.0. The first kappa shape index (κ1) is 49.5. The molecule has 0 fully saturated rings. The van der Waals surface area contributed by atoms with Crippen molar-refractivity contribution < 1.29 is 33.6 Å². The van der Waals surface area contributed by atoms with Crippen LogP contribution in [-0.4, -0.2) is 124 Å². The van der Waals surface area contributed by atoms with E-state index < -0.39 is 77.7 Å². The molecule has 19 heteroatoms. The summed E-state index contributed by atoms with van der Waals surface area (Å²) < 4.78 is 0. The van der Waals surface area contributed by atoms with Crippen molar-refractivity contribution >= 4 is 63.3 Å². The van der Waals surface area contributed by atoms with E-state index in [9.17, 15) is 33.6 Å². The maximum Gasteiger partial charge on any atom is 0.337 e. The van der Waals surface area contributed by atoms with Gasteiger partial charge < -0.3 is 48.0 Å². The highest BCUT2D eigenvalue weighted by Gasteiger charge is 2.33. The molecule has 12 N–H and O–H groups in total. The number of nitrogens with one attached hydrogen (secondary N) is 8. The Hall–Kier alpha value is -7.95. The molecule has 19 nitrogen and oxygen atoms in total. The van der Waals surface area contributed by atoms with Gasteiger partial charge in [0.15, 0.2) is 0 Å². The molecule has 6 rings (SSSR count). The molecule has 8 amide bonds. The number of aromatic amines is 2.